The van der Waals surface area contributed by atoms with E-state index in [9.17, 15) is 18.0 Å². The predicted octanol–water partition coefficient (Wildman–Crippen LogP) is 3.39. The third-order valence-corrected chi connectivity index (χ3v) is 8.16. The number of carbonyl (C=O) groups excluding carboxylic acids is 2. The zero-order chi connectivity index (χ0) is 23.4. The lowest BCUT2D eigenvalue weighted by Crippen LogP contribution is -2.38. The number of anilines is 2. The van der Waals surface area contributed by atoms with E-state index >= 15 is 0 Å². The SMILES string of the molecule is CN(C1CCCCC1)S(=O)(=O)c1ccc(NC(=O)CN2C(=O)CCOc3ccccc32)cc1. The summed E-state index contributed by atoms with van der Waals surface area (Å²) >= 11 is 0. The quantitative estimate of drug-likeness (QED) is 0.697. The van der Waals surface area contributed by atoms with Crippen molar-refractivity contribution in [1.29, 1.82) is 0 Å². The van der Waals surface area contributed by atoms with Crippen molar-refractivity contribution in [3.05, 3.63) is 48.5 Å². The van der Waals surface area contributed by atoms with Crippen LogP contribution in [0.3, 0.4) is 0 Å². The molecule has 9 heteroatoms. The third kappa shape index (κ3) is 5.20. The van der Waals surface area contributed by atoms with Gasteiger partial charge in [0.2, 0.25) is 21.8 Å². The molecule has 2 aliphatic rings. The highest BCUT2D eigenvalue weighted by molar-refractivity contribution is 7.89. The molecule has 1 heterocycles. The molecule has 0 saturated heterocycles. The average molecular weight is 472 g/mol. The van der Waals surface area contributed by atoms with Crippen molar-refractivity contribution in [3.8, 4) is 5.75 Å². The monoisotopic (exact) mass is 471 g/mol. The zero-order valence-electron chi connectivity index (χ0n) is 18.7. The molecule has 8 nitrogen and oxygen atoms in total. The fourth-order valence-electron chi connectivity index (χ4n) is 4.35. The van der Waals surface area contributed by atoms with Gasteiger partial charge in [0.05, 0.1) is 23.6 Å². The number of amides is 2. The molecule has 1 N–H and O–H groups in total. The van der Waals surface area contributed by atoms with Gasteiger partial charge in [-0.1, -0.05) is 31.4 Å². The lowest BCUT2D eigenvalue weighted by molar-refractivity contribution is -0.121. The first-order valence-corrected chi connectivity index (χ1v) is 12.7. The minimum atomic E-state index is -3.60. The molecule has 176 valence electrons. The van der Waals surface area contributed by atoms with Crippen molar-refractivity contribution in [2.24, 2.45) is 0 Å². The average Bonchev–Trinajstić information content (AvgIpc) is 2.98. The van der Waals surface area contributed by atoms with Crippen molar-refractivity contribution >= 4 is 33.2 Å². The second-order valence-corrected chi connectivity index (χ2v) is 10.4. The lowest BCUT2D eigenvalue weighted by Gasteiger charge is -2.30. The molecule has 2 aromatic carbocycles. The minimum absolute atomic E-state index is 0.0288. The number of hydrogen-bond acceptors (Lipinski definition) is 5. The maximum Gasteiger partial charge on any atom is 0.244 e. The van der Waals surface area contributed by atoms with E-state index in [1.807, 2.05) is 6.07 Å². The molecular weight excluding hydrogens is 442 g/mol. The highest BCUT2D eigenvalue weighted by atomic mass is 32.2. The van der Waals surface area contributed by atoms with Crippen LogP contribution in [-0.4, -0.2) is 50.8 Å². The summed E-state index contributed by atoms with van der Waals surface area (Å²) in [5.74, 6) is -0.00919. The number of nitrogens with one attached hydrogen (secondary N) is 1. The van der Waals surface area contributed by atoms with E-state index in [0.717, 1.165) is 32.1 Å². The van der Waals surface area contributed by atoms with Crippen molar-refractivity contribution in [2.75, 3.05) is 30.4 Å². The van der Waals surface area contributed by atoms with E-state index < -0.39 is 10.0 Å². The van der Waals surface area contributed by atoms with Crippen molar-refractivity contribution in [1.82, 2.24) is 4.31 Å². The third-order valence-electron chi connectivity index (χ3n) is 6.24. The standard InChI is InChI=1S/C24H29N3O5S/c1-26(19-7-3-2-4-8-19)33(30,31)20-13-11-18(12-14-20)25-23(28)17-27-21-9-5-6-10-22(21)32-16-15-24(27)29/h5-6,9-14,19H,2-4,7-8,15-17H2,1H3,(H,25,28). The number of rotatable bonds is 6. The first-order valence-electron chi connectivity index (χ1n) is 11.3. The Labute approximate surface area is 194 Å². The largest absolute Gasteiger partial charge is 0.491 e. The van der Waals surface area contributed by atoms with Crippen LogP contribution in [0.2, 0.25) is 0 Å². The molecule has 0 spiro atoms. The van der Waals surface area contributed by atoms with Crippen molar-refractivity contribution in [2.45, 2.75) is 49.5 Å². The van der Waals surface area contributed by atoms with E-state index in [1.165, 1.54) is 21.3 Å². The number of sulfonamides is 1. The molecule has 1 saturated carbocycles. The summed E-state index contributed by atoms with van der Waals surface area (Å²) in [5.41, 5.74) is 1.02. The van der Waals surface area contributed by atoms with Gasteiger partial charge in [0.1, 0.15) is 12.3 Å². The van der Waals surface area contributed by atoms with Gasteiger partial charge in [0.15, 0.2) is 0 Å². The molecule has 0 bridgehead atoms. The van der Waals surface area contributed by atoms with Crippen LogP contribution in [0.1, 0.15) is 38.5 Å². The van der Waals surface area contributed by atoms with E-state index in [1.54, 1.807) is 37.4 Å². The Balaban J connectivity index is 1.43. The van der Waals surface area contributed by atoms with Crippen molar-refractivity contribution in [3.63, 3.8) is 0 Å². The summed E-state index contributed by atoms with van der Waals surface area (Å²) in [7, 11) is -1.96. The molecular formula is C24H29N3O5S. The number of ether oxygens (including phenoxy) is 1. The summed E-state index contributed by atoms with van der Waals surface area (Å²) < 4.78 is 33.1. The minimum Gasteiger partial charge on any atom is -0.491 e. The fourth-order valence-corrected chi connectivity index (χ4v) is 5.77. The smallest absolute Gasteiger partial charge is 0.244 e. The molecule has 2 aromatic rings. The molecule has 2 amide bonds. The molecule has 0 atom stereocenters. The molecule has 0 unspecified atom stereocenters. The summed E-state index contributed by atoms with van der Waals surface area (Å²) in [4.78, 5) is 26.8. The number of carbonyl (C=O) groups is 2. The van der Waals surface area contributed by atoms with Crippen LogP contribution in [-0.2, 0) is 19.6 Å². The van der Waals surface area contributed by atoms with Gasteiger partial charge in [-0.2, -0.15) is 4.31 Å². The molecule has 1 aliphatic carbocycles. The summed E-state index contributed by atoms with van der Waals surface area (Å²) in [6.45, 7) is 0.100. The van der Waals surface area contributed by atoms with E-state index in [-0.39, 0.29) is 42.3 Å². The molecule has 1 fully saturated rings. The zero-order valence-corrected chi connectivity index (χ0v) is 19.5. The molecule has 0 radical (unpaired) electrons. The molecule has 4 rings (SSSR count). The van der Waals surface area contributed by atoms with Gasteiger partial charge < -0.3 is 10.1 Å². The first kappa shape index (κ1) is 23.3. The Hall–Kier alpha value is -2.91. The Bertz CT molecular complexity index is 1110. The Morgan fingerprint density at radius 3 is 2.52 bits per heavy atom. The second kappa shape index (κ2) is 9.93. The van der Waals surface area contributed by atoms with Gasteiger partial charge in [0, 0.05) is 18.8 Å². The molecule has 0 aromatic heterocycles. The maximum atomic E-state index is 13.0. The van der Waals surface area contributed by atoms with Crippen LogP contribution < -0.4 is 15.0 Å². The van der Waals surface area contributed by atoms with E-state index in [2.05, 4.69) is 5.32 Å². The lowest BCUT2D eigenvalue weighted by atomic mass is 9.96. The van der Waals surface area contributed by atoms with Gasteiger partial charge in [-0.25, -0.2) is 8.42 Å². The van der Waals surface area contributed by atoms with Crippen LogP contribution in [0, 0.1) is 0 Å². The van der Waals surface area contributed by atoms with E-state index in [4.69, 9.17) is 4.74 Å². The van der Waals surface area contributed by atoms with Gasteiger partial charge in [-0.15, -0.1) is 0 Å². The summed E-state index contributed by atoms with van der Waals surface area (Å²) in [5, 5.41) is 2.75. The highest BCUT2D eigenvalue weighted by Gasteiger charge is 2.29. The van der Waals surface area contributed by atoms with E-state index in [0.29, 0.717) is 17.1 Å². The fraction of sp³-hybridized carbons (Fsp3) is 0.417. The van der Waals surface area contributed by atoms with Gasteiger partial charge in [-0.3, -0.25) is 14.5 Å². The molecule has 33 heavy (non-hydrogen) atoms. The van der Waals surface area contributed by atoms with Crippen LogP contribution in [0.25, 0.3) is 0 Å². The second-order valence-electron chi connectivity index (χ2n) is 8.43. The number of hydrogen-bond donors (Lipinski definition) is 1. The normalized spacial score (nSPS) is 17.3. The first-order chi connectivity index (χ1) is 15.9. The number of benzene rings is 2. The summed E-state index contributed by atoms with van der Waals surface area (Å²) in [6.07, 6.45) is 5.20. The Kier molecular flexibility index (Phi) is 6.99. The van der Waals surface area contributed by atoms with Crippen LogP contribution in [0.4, 0.5) is 11.4 Å². The van der Waals surface area contributed by atoms with Crippen LogP contribution in [0.15, 0.2) is 53.4 Å². The summed E-state index contributed by atoms with van der Waals surface area (Å²) in [6, 6.07) is 13.3. The van der Waals surface area contributed by atoms with Crippen LogP contribution >= 0.6 is 0 Å². The Morgan fingerprint density at radius 1 is 1.09 bits per heavy atom. The predicted molar refractivity (Wildman–Crippen MR) is 126 cm³/mol. The van der Waals surface area contributed by atoms with Gasteiger partial charge in [0.25, 0.3) is 0 Å². The maximum absolute atomic E-state index is 13.0. The number of para-hydroxylation sites is 2. The van der Waals surface area contributed by atoms with Crippen molar-refractivity contribution < 1.29 is 22.7 Å². The highest BCUT2D eigenvalue weighted by Crippen LogP contribution is 2.31. The number of nitrogens with zero attached hydrogens (tertiary/aromatic N) is 2. The number of fused-ring (bicyclic) bond motifs is 1. The molecule has 1 aliphatic heterocycles. The van der Waals surface area contributed by atoms with Crippen LogP contribution in [0.5, 0.6) is 5.75 Å². The Morgan fingerprint density at radius 2 is 1.79 bits per heavy atom. The topological polar surface area (TPSA) is 96.0 Å². The van der Waals surface area contributed by atoms with Gasteiger partial charge in [-0.05, 0) is 49.2 Å². The van der Waals surface area contributed by atoms with Gasteiger partial charge >= 0.3 is 0 Å².